The molecule has 7 heteroatoms. The Morgan fingerprint density at radius 2 is 1.90 bits per heavy atom. The van der Waals surface area contributed by atoms with Gasteiger partial charge < -0.3 is 4.90 Å². The Kier molecular flexibility index (Phi) is 3.83. The monoisotopic (exact) mass is 314 g/mol. The first-order valence-corrected chi connectivity index (χ1v) is 9.23. The quantitative estimate of drug-likeness (QED) is 0.847. The van der Waals surface area contributed by atoms with Crippen LogP contribution in [-0.2, 0) is 14.8 Å². The molecule has 1 saturated heterocycles. The van der Waals surface area contributed by atoms with Crippen LogP contribution in [0, 0.1) is 5.92 Å². The molecule has 110 valence electrons. The van der Waals surface area contributed by atoms with E-state index in [1.54, 1.807) is 17.5 Å². The summed E-state index contributed by atoms with van der Waals surface area (Å²) in [4.78, 5) is 13.9. The molecule has 0 unspecified atom stereocenters. The van der Waals surface area contributed by atoms with Gasteiger partial charge in [-0.1, -0.05) is 12.5 Å². The van der Waals surface area contributed by atoms with E-state index in [1.807, 2.05) is 4.90 Å². The average Bonchev–Trinajstić information content (AvgIpc) is 2.91. The Balaban J connectivity index is 1.62. The van der Waals surface area contributed by atoms with Crippen LogP contribution >= 0.6 is 11.3 Å². The van der Waals surface area contributed by atoms with Crippen molar-refractivity contribution in [2.24, 2.45) is 5.92 Å². The highest BCUT2D eigenvalue weighted by molar-refractivity contribution is 7.91. The average molecular weight is 314 g/mol. The fraction of sp³-hybridized carbons (Fsp3) is 0.615. The van der Waals surface area contributed by atoms with Crippen LogP contribution in [0.15, 0.2) is 21.7 Å². The van der Waals surface area contributed by atoms with E-state index in [0.717, 1.165) is 19.3 Å². The van der Waals surface area contributed by atoms with Crippen molar-refractivity contribution in [2.75, 3.05) is 26.2 Å². The first-order valence-electron chi connectivity index (χ1n) is 6.91. The van der Waals surface area contributed by atoms with Gasteiger partial charge in [0.15, 0.2) is 0 Å². The summed E-state index contributed by atoms with van der Waals surface area (Å²) in [6.45, 7) is 1.83. The summed E-state index contributed by atoms with van der Waals surface area (Å²) >= 11 is 1.24. The van der Waals surface area contributed by atoms with Crippen LogP contribution in [0.1, 0.15) is 19.3 Å². The summed E-state index contributed by atoms with van der Waals surface area (Å²) in [7, 11) is -3.37. The van der Waals surface area contributed by atoms with Crippen LogP contribution in [0.4, 0.5) is 0 Å². The van der Waals surface area contributed by atoms with Crippen molar-refractivity contribution in [3.05, 3.63) is 17.5 Å². The van der Waals surface area contributed by atoms with Crippen molar-refractivity contribution in [3.63, 3.8) is 0 Å². The van der Waals surface area contributed by atoms with Crippen molar-refractivity contribution >= 4 is 27.3 Å². The Hall–Kier alpha value is -0.920. The molecule has 0 aromatic carbocycles. The Morgan fingerprint density at radius 3 is 2.40 bits per heavy atom. The van der Waals surface area contributed by atoms with Gasteiger partial charge in [-0.3, -0.25) is 4.79 Å². The molecule has 2 heterocycles. The molecule has 3 rings (SSSR count). The van der Waals surface area contributed by atoms with Crippen LogP contribution in [0.25, 0.3) is 0 Å². The molecule has 1 aromatic heterocycles. The van der Waals surface area contributed by atoms with Gasteiger partial charge in [0.2, 0.25) is 5.91 Å². The van der Waals surface area contributed by atoms with Gasteiger partial charge in [0, 0.05) is 32.1 Å². The van der Waals surface area contributed by atoms with E-state index in [-0.39, 0.29) is 11.8 Å². The lowest BCUT2D eigenvalue weighted by atomic mass is 9.84. The van der Waals surface area contributed by atoms with Crippen molar-refractivity contribution in [3.8, 4) is 0 Å². The molecule has 20 heavy (non-hydrogen) atoms. The summed E-state index contributed by atoms with van der Waals surface area (Å²) in [5.41, 5.74) is 0. The third-order valence-electron chi connectivity index (χ3n) is 4.09. The number of amides is 1. The first-order chi connectivity index (χ1) is 9.59. The van der Waals surface area contributed by atoms with Crippen molar-refractivity contribution in [2.45, 2.75) is 23.5 Å². The van der Waals surface area contributed by atoms with Gasteiger partial charge in [-0.05, 0) is 24.3 Å². The second-order valence-electron chi connectivity index (χ2n) is 5.29. The summed E-state index contributed by atoms with van der Waals surface area (Å²) in [5, 5.41) is 1.77. The van der Waals surface area contributed by atoms with Gasteiger partial charge in [-0.15, -0.1) is 11.3 Å². The number of rotatable bonds is 3. The molecule has 1 amide bonds. The Bertz CT molecular complexity index is 571. The lowest BCUT2D eigenvalue weighted by molar-refractivity contribution is -0.139. The van der Waals surface area contributed by atoms with Crippen molar-refractivity contribution in [1.82, 2.24) is 9.21 Å². The lowest BCUT2D eigenvalue weighted by Gasteiger charge is -2.37. The minimum absolute atomic E-state index is 0.190. The maximum atomic E-state index is 12.4. The molecule has 1 aromatic rings. The molecule has 0 spiro atoms. The molecule has 1 aliphatic heterocycles. The number of thiophene rings is 1. The summed E-state index contributed by atoms with van der Waals surface area (Å²) in [6.07, 6.45) is 3.13. The van der Waals surface area contributed by atoms with Crippen LogP contribution in [-0.4, -0.2) is 49.7 Å². The van der Waals surface area contributed by atoms with E-state index in [0.29, 0.717) is 30.4 Å². The van der Waals surface area contributed by atoms with E-state index < -0.39 is 10.0 Å². The number of sulfonamides is 1. The van der Waals surface area contributed by atoms with Crippen molar-refractivity contribution in [1.29, 1.82) is 0 Å². The smallest absolute Gasteiger partial charge is 0.252 e. The molecule has 0 atom stereocenters. The van der Waals surface area contributed by atoms with Crippen molar-refractivity contribution < 1.29 is 13.2 Å². The number of carbonyl (C=O) groups excluding carboxylic acids is 1. The molecule has 2 aliphatic rings. The Morgan fingerprint density at radius 1 is 1.20 bits per heavy atom. The molecular weight excluding hydrogens is 296 g/mol. The number of nitrogens with zero attached hydrogens (tertiary/aromatic N) is 2. The highest BCUT2D eigenvalue weighted by atomic mass is 32.2. The zero-order chi connectivity index (χ0) is 14.2. The molecule has 0 N–H and O–H groups in total. The molecule has 1 saturated carbocycles. The fourth-order valence-electron chi connectivity index (χ4n) is 2.60. The summed E-state index contributed by atoms with van der Waals surface area (Å²) < 4.78 is 26.6. The van der Waals surface area contributed by atoms with Crippen LogP contribution in [0.5, 0.6) is 0 Å². The molecule has 0 bridgehead atoms. The predicted molar refractivity (Wildman–Crippen MR) is 77.0 cm³/mol. The molecule has 2 fully saturated rings. The minimum atomic E-state index is -3.37. The maximum Gasteiger partial charge on any atom is 0.252 e. The Labute approximate surface area is 123 Å². The topological polar surface area (TPSA) is 57.7 Å². The standard InChI is InChI=1S/C13H18N2O3S2/c16-13(11-3-1-4-11)14-6-8-15(9-7-14)20(17,18)12-5-2-10-19-12/h2,5,10-11H,1,3-4,6-9H2. The maximum absolute atomic E-state index is 12.4. The molecule has 0 radical (unpaired) electrons. The van der Waals surface area contributed by atoms with E-state index in [4.69, 9.17) is 0 Å². The van der Waals surface area contributed by atoms with E-state index in [1.165, 1.54) is 15.6 Å². The highest BCUT2D eigenvalue weighted by Gasteiger charge is 2.34. The lowest BCUT2D eigenvalue weighted by Crippen LogP contribution is -2.52. The van der Waals surface area contributed by atoms with Gasteiger partial charge >= 0.3 is 0 Å². The van der Waals surface area contributed by atoms with E-state index in [9.17, 15) is 13.2 Å². The van der Waals surface area contributed by atoms with E-state index >= 15 is 0 Å². The molecular formula is C13H18N2O3S2. The zero-order valence-corrected chi connectivity index (χ0v) is 12.8. The third kappa shape index (κ3) is 2.49. The molecule has 1 aliphatic carbocycles. The second kappa shape index (κ2) is 5.46. The number of carbonyl (C=O) groups is 1. The first kappa shape index (κ1) is 14.0. The number of piperazine rings is 1. The van der Waals surface area contributed by atoms with Crippen LogP contribution in [0.2, 0.25) is 0 Å². The van der Waals surface area contributed by atoms with Gasteiger partial charge in [0.05, 0.1) is 0 Å². The van der Waals surface area contributed by atoms with Gasteiger partial charge in [-0.25, -0.2) is 8.42 Å². The van der Waals surface area contributed by atoms with Gasteiger partial charge in [0.1, 0.15) is 4.21 Å². The zero-order valence-electron chi connectivity index (χ0n) is 11.2. The predicted octanol–water partition coefficient (Wildman–Crippen LogP) is 1.38. The molecule has 5 nitrogen and oxygen atoms in total. The summed E-state index contributed by atoms with van der Waals surface area (Å²) in [5.74, 6) is 0.403. The van der Waals surface area contributed by atoms with Crippen LogP contribution < -0.4 is 0 Å². The normalized spacial score (nSPS) is 21.7. The largest absolute Gasteiger partial charge is 0.340 e. The third-order valence-corrected chi connectivity index (χ3v) is 7.37. The van der Waals surface area contributed by atoms with E-state index in [2.05, 4.69) is 0 Å². The van der Waals surface area contributed by atoms with Gasteiger partial charge in [0.25, 0.3) is 10.0 Å². The SMILES string of the molecule is O=C(C1CCC1)N1CCN(S(=O)(=O)c2cccs2)CC1. The number of hydrogen-bond acceptors (Lipinski definition) is 4. The second-order valence-corrected chi connectivity index (χ2v) is 8.40. The highest BCUT2D eigenvalue weighted by Crippen LogP contribution is 2.29. The van der Waals surface area contributed by atoms with Crippen LogP contribution in [0.3, 0.4) is 0 Å². The van der Waals surface area contributed by atoms with Gasteiger partial charge in [-0.2, -0.15) is 4.31 Å². The minimum Gasteiger partial charge on any atom is -0.340 e. The number of hydrogen-bond donors (Lipinski definition) is 0. The summed E-state index contributed by atoms with van der Waals surface area (Å²) in [6, 6.07) is 3.37. The fourth-order valence-corrected chi connectivity index (χ4v) is 5.17.